The van der Waals surface area contributed by atoms with E-state index >= 15 is 0 Å². The zero-order valence-electron chi connectivity index (χ0n) is 10.3. The van der Waals surface area contributed by atoms with Crippen molar-refractivity contribution in [1.29, 1.82) is 0 Å². The van der Waals surface area contributed by atoms with Crippen LogP contribution in [0.15, 0.2) is 10.7 Å². The maximum absolute atomic E-state index is 5.66. The summed E-state index contributed by atoms with van der Waals surface area (Å²) in [6, 6.07) is 0. The fourth-order valence-corrected chi connectivity index (χ4v) is 1.95. The third kappa shape index (κ3) is 3.88. The molecule has 0 amide bonds. The fourth-order valence-electron chi connectivity index (χ4n) is 1.49. The zero-order valence-corrected chi connectivity index (χ0v) is 11.9. The maximum atomic E-state index is 5.66. The van der Waals surface area contributed by atoms with Crippen molar-refractivity contribution in [2.75, 3.05) is 27.2 Å². The SMILES string of the molecule is CC(CN)Cc1c(Br)cnn1CCN(C)C. The van der Waals surface area contributed by atoms with Crippen molar-refractivity contribution in [3.8, 4) is 0 Å². The van der Waals surface area contributed by atoms with Crippen LogP contribution in [0.25, 0.3) is 0 Å². The summed E-state index contributed by atoms with van der Waals surface area (Å²) in [5.41, 5.74) is 6.91. The molecule has 4 nitrogen and oxygen atoms in total. The van der Waals surface area contributed by atoms with Crippen molar-refractivity contribution < 1.29 is 0 Å². The minimum Gasteiger partial charge on any atom is -0.330 e. The van der Waals surface area contributed by atoms with Crippen LogP contribution >= 0.6 is 15.9 Å². The highest BCUT2D eigenvalue weighted by molar-refractivity contribution is 9.10. The molecule has 1 aromatic rings. The Bertz CT molecular complexity index is 322. The Kier molecular flexibility index (Phi) is 5.44. The highest BCUT2D eigenvalue weighted by Gasteiger charge is 2.11. The summed E-state index contributed by atoms with van der Waals surface area (Å²) in [7, 11) is 4.14. The fraction of sp³-hybridized carbons (Fsp3) is 0.727. The summed E-state index contributed by atoms with van der Waals surface area (Å²) in [6.07, 6.45) is 2.85. The summed E-state index contributed by atoms with van der Waals surface area (Å²) < 4.78 is 3.16. The van der Waals surface area contributed by atoms with Crippen LogP contribution in [0, 0.1) is 5.92 Å². The molecule has 92 valence electrons. The molecule has 0 aromatic carbocycles. The van der Waals surface area contributed by atoms with Gasteiger partial charge in [-0.05, 0) is 48.9 Å². The van der Waals surface area contributed by atoms with E-state index in [1.165, 1.54) is 5.69 Å². The van der Waals surface area contributed by atoms with Crippen molar-refractivity contribution in [3.63, 3.8) is 0 Å². The van der Waals surface area contributed by atoms with E-state index < -0.39 is 0 Å². The predicted molar refractivity (Wildman–Crippen MR) is 70.4 cm³/mol. The lowest BCUT2D eigenvalue weighted by Gasteiger charge is -2.14. The molecule has 0 saturated heterocycles. The van der Waals surface area contributed by atoms with E-state index in [0.717, 1.165) is 24.0 Å². The van der Waals surface area contributed by atoms with E-state index in [-0.39, 0.29) is 0 Å². The third-order valence-electron chi connectivity index (χ3n) is 2.60. The van der Waals surface area contributed by atoms with Gasteiger partial charge in [-0.2, -0.15) is 5.10 Å². The lowest BCUT2D eigenvalue weighted by Crippen LogP contribution is -2.22. The van der Waals surface area contributed by atoms with Gasteiger partial charge in [0.15, 0.2) is 0 Å². The summed E-state index contributed by atoms with van der Waals surface area (Å²) in [6.45, 7) is 4.80. The van der Waals surface area contributed by atoms with Gasteiger partial charge in [-0.25, -0.2) is 0 Å². The first kappa shape index (κ1) is 13.7. The van der Waals surface area contributed by atoms with Crippen molar-refractivity contribution in [2.45, 2.75) is 19.9 Å². The second-order valence-corrected chi connectivity index (χ2v) is 5.36. The van der Waals surface area contributed by atoms with Crippen LogP contribution in [0.5, 0.6) is 0 Å². The quantitative estimate of drug-likeness (QED) is 0.860. The monoisotopic (exact) mass is 288 g/mol. The lowest BCUT2D eigenvalue weighted by atomic mass is 10.1. The van der Waals surface area contributed by atoms with Gasteiger partial charge >= 0.3 is 0 Å². The molecule has 2 N–H and O–H groups in total. The Morgan fingerprint density at radius 3 is 2.81 bits per heavy atom. The van der Waals surface area contributed by atoms with Gasteiger partial charge in [0.1, 0.15) is 0 Å². The molecule has 0 saturated carbocycles. The van der Waals surface area contributed by atoms with E-state index in [4.69, 9.17) is 5.73 Å². The van der Waals surface area contributed by atoms with Crippen molar-refractivity contribution in [3.05, 3.63) is 16.4 Å². The average Bonchev–Trinajstić information content (AvgIpc) is 2.57. The molecule has 1 aromatic heterocycles. The number of hydrogen-bond donors (Lipinski definition) is 1. The highest BCUT2D eigenvalue weighted by Crippen LogP contribution is 2.19. The van der Waals surface area contributed by atoms with Crippen LogP contribution in [-0.4, -0.2) is 41.9 Å². The first-order valence-electron chi connectivity index (χ1n) is 5.59. The molecular formula is C11H21BrN4. The summed E-state index contributed by atoms with van der Waals surface area (Å²) in [5.74, 6) is 0.492. The van der Waals surface area contributed by atoms with E-state index in [0.29, 0.717) is 12.5 Å². The normalized spacial score (nSPS) is 13.4. The van der Waals surface area contributed by atoms with Gasteiger partial charge in [0, 0.05) is 6.54 Å². The first-order chi connectivity index (χ1) is 7.54. The molecule has 1 rings (SSSR count). The summed E-state index contributed by atoms with van der Waals surface area (Å²) in [4.78, 5) is 2.16. The number of nitrogens with two attached hydrogens (primary N) is 1. The smallest absolute Gasteiger partial charge is 0.0635 e. The van der Waals surface area contributed by atoms with Gasteiger partial charge in [0.2, 0.25) is 0 Å². The largest absolute Gasteiger partial charge is 0.330 e. The minimum absolute atomic E-state index is 0.492. The number of aromatic nitrogens is 2. The van der Waals surface area contributed by atoms with Crippen LogP contribution in [0.1, 0.15) is 12.6 Å². The standard InChI is InChI=1S/C11H21BrN4/c1-9(7-13)6-11-10(12)8-14-16(11)5-4-15(2)3/h8-9H,4-7,13H2,1-3H3. The second kappa shape index (κ2) is 6.37. The molecule has 1 atom stereocenters. The molecule has 1 heterocycles. The molecule has 0 spiro atoms. The molecule has 0 aliphatic rings. The Morgan fingerprint density at radius 2 is 2.25 bits per heavy atom. The van der Waals surface area contributed by atoms with Crippen molar-refractivity contribution >= 4 is 15.9 Å². The number of hydrogen-bond acceptors (Lipinski definition) is 3. The molecule has 0 bridgehead atoms. The van der Waals surface area contributed by atoms with Gasteiger partial charge in [-0.3, -0.25) is 4.68 Å². The second-order valence-electron chi connectivity index (χ2n) is 4.51. The number of rotatable bonds is 6. The molecule has 0 radical (unpaired) electrons. The Hall–Kier alpha value is -0.390. The Morgan fingerprint density at radius 1 is 1.56 bits per heavy atom. The van der Waals surface area contributed by atoms with E-state index in [2.05, 4.69) is 51.6 Å². The summed E-state index contributed by atoms with van der Waals surface area (Å²) in [5, 5.41) is 4.38. The van der Waals surface area contributed by atoms with Crippen LogP contribution in [0.4, 0.5) is 0 Å². The summed E-state index contributed by atoms with van der Waals surface area (Å²) >= 11 is 3.54. The van der Waals surface area contributed by atoms with Crippen molar-refractivity contribution in [1.82, 2.24) is 14.7 Å². The molecule has 0 aliphatic carbocycles. The van der Waals surface area contributed by atoms with Gasteiger partial charge < -0.3 is 10.6 Å². The minimum atomic E-state index is 0.492. The van der Waals surface area contributed by atoms with Gasteiger partial charge in [0.05, 0.1) is 22.9 Å². The molecule has 5 heteroatoms. The molecule has 0 fully saturated rings. The van der Waals surface area contributed by atoms with E-state index in [9.17, 15) is 0 Å². The topological polar surface area (TPSA) is 47.1 Å². The van der Waals surface area contributed by atoms with Gasteiger partial charge in [0.25, 0.3) is 0 Å². The van der Waals surface area contributed by atoms with Gasteiger partial charge in [-0.1, -0.05) is 6.92 Å². The molecular weight excluding hydrogens is 268 g/mol. The molecule has 16 heavy (non-hydrogen) atoms. The molecule has 1 unspecified atom stereocenters. The van der Waals surface area contributed by atoms with Crippen molar-refractivity contribution in [2.24, 2.45) is 11.7 Å². The number of nitrogens with zero attached hydrogens (tertiary/aromatic N) is 3. The Labute approximate surface area is 106 Å². The van der Waals surface area contributed by atoms with Crippen LogP contribution in [-0.2, 0) is 13.0 Å². The number of halogens is 1. The predicted octanol–water partition coefficient (Wildman–Crippen LogP) is 1.34. The van der Waals surface area contributed by atoms with Crippen LogP contribution < -0.4 is 5.73 Å². The Balaban J connectivity index is 2.69. The highest BCUT2D eigenvalue weighted by atomic mass is 79.9. The van der Waals surface area contributed by atoms with Crippen LogP contribution in [0.3, 0.4) is 0 Å². The van der Waals surface area contributed by atoms with Crippen LogP contribution in [0.2, 0.25) is 0 Å². The first-order valence-corrected chi connectivity index (χ1v) is 6.38. The molecule has 0 aliphatic heterocycles. The van der Waals surface area contributed by atoms with Gasteiger partial charge in [-0.15, -0.1) is 0 Å². The zero-order chi connectivity index (χ0) is 12.1. The van der Waals surface area contributed by atoms with E-state index in [1.54, 1.807) is 0 Å². The average molecular weight is 289 g/mol. The van der Waals surface area contributed by atoms with E-state index in [1.807, 2.05) is 6.20 Å². The third-order valence-corrected chi connectivity index (χ3v) is 3.26. The maximum Gasteiger partial charge on any atom is 0.0635 e. The lowest BCUT2D eigenvalue weighted by molar-refractivity contribution is 0.367. The number of likely N-dealkylation sites (N-methyl/N-ethyl adjacent to an activating group) is 1.